The van der Waals surface area contributed by atoms with Crippen LogP contribution in [0.5, 0.6) is 5.88 Å². The molecule has 0 saturated carbocycles. The number of hydrogen-bond acceptors (Lipinski definition) is 5. The van der Waals surface area contributed by atoms with E-state index in [9.17, 15) is 4.79 Å². The van der Waals surface area contributed by atoms with Gasteiger partial charge in [0, 0.05) is 12.6 Å². The molecule has 1 aromatic carbocycles. The molecule has 27 heavy (non-hydrogen) atoms. The van der Waals surface area contributed by atoms with Crippen molar-refractivity contribution in [1.82, 2.24) is 25.4 Å². The van der Waals surface area contributed by atoms with Crippen molar-refractivity contribution in [2.75, 3.05) is 26.5 Å². The van der Waals surface area contributed by atoms with Crippen LogP contribution in [-0.4, -0.2) is 47.3 Å². The number of rotatable bonds is 6. The minimum absolute atomic E-state index is 0.122. The fourth-order valence-corrected chi connectivity index (χ4v) is 2.89. The SMILES string of the molecule is COc1n[nH]c2cc(NC(=O)NC(C)c3ccccc3)nc(CN(C)C)c12. The maximum atomic E-state index is 12.4. The van der Waals surface area contributed by atoms with E-state index in [1.165, 1.54) is 0 Å². The number of hydrogen-bond donors (Lipinski definition) is 3. The van der Waals surface area contributed by atoms with E-state index in [4.69, 9.17) is 4.74 Å². The van der Waals surface area contributed by atoms with E-state index in [1.54, 1.807) is 13.2 Å². The third kappa shape index (κ3) is 4.35. The highest BCUT2D eigenvalue weighted by Crippen LogP contribution is 2.28. The summed E-state index contributed by atoms with van der Waals surface area (Å²) in [6.07, 6.45) is 0. The zero-order valence-corrected chi connectivity index (χ0v) is 15.9. The molecule has 2 amide bonds. The fraction of sp³-hybridized carbons (Fsp3) is 0.316. The molecular weight excluding hydrogens is 344 g/mol. The van der Waals surface area contributed by atoms with E-state index in [0.29, 0.717) is 18.2 Å². The summed E-state index contributed by atoms with van der Waals surface area (Å²) in [5, 5.41) is 13.6. The molecule has 2 aromatic heterocycles. The van der Waals surface area contributed by atoms with Crippen molar-refractivity contribution in [2.24, 2.45) is 0 Å². The molecule has 142 valence electrons. The highest BCUT2D eigenvalue weighted by atomic mass is 16.5. The van der Waals surface area contributed by atoms with Gasteiger partial charge in [-0.1, -0.05) is 30.3 Å². The first-order valence-corrected chi connectivity index (χ1v) is 8.67. The number of carbonyl (C=O) groups is 1. The minimum Gasteiger partial charge on any atom is -0.479 e. The topological polar surface area (TPSA) is 95.2 Å². The Labute approximate surface area is 157 Å². The molecule has 0 aliphatic rings. The van der Waals surface area contributed by atoms with E-state index in [2.05, 4.69) is 25.8 Å². The van der Waals surface area contributed by atoms with Crippen molar-refractivity contribution in [3.63, 3.8) is 0 Å². The first-order chi connectivity index (χ1) is 13.0. The number of amides is 2. The molecule has 8 nitrogen and oxygen atoms in total. The molecule has 1 unspecified atom stereocenters. The number of aromatic nitrogens is 3. The van der Waals surface area contributed by atoms with Crippen molar-refractivity contribution in [3.05, 3.63) is 47.7 Å². The summed E-state index contributed by atoms with van der Waals surface area (Å²) in [5.74, 6) is 0.937. The van der Waals surface area contributed by atoms with Gasteiger partial charge in [0.25, 0.3) is 0 Å². The summed E-state index contributed by atoms with van der Waals surface area (Å²) in [6.45, 7) is 2.52. The molecule has 8 heteroatoms. The summed E-state index contributed by atoms with van der Waals surface area (Å²) in [5.41, 5.74) is 2.56. The Hall–Kier alpha value is -3.13. The number of aromatic amines is 1. The van der Waals surface area contributed by atoms with Crippen LogP contribution in [0.2, 0.25) is 0 Å². The third-order valence-electron chi connectivity index (χ3n) is 4.13. The molecule has 0 aliphatic heterocycles. The van der Waals surface area contributed by atoms with Crippen molar-refractivity contribution >= 4 is 22.8 Å². The second-order valence-electron chi connectivity index (χ2n) is 6.58. The van der Waals surface area contributed by atoms with E-state index in [-0.39, 0.29) is 12.1 Å². The van der Waals surface area contributed by atoms with E-state index < -0.39 is 0 Å². The molecule has 0 spiro atoms. The predicted molar refractivity (Wildman–Crippen MR) is 105 cm³/mol. The van der Waals surface area contributed by atoms with Crippen LogP contribution in [0.1, 0.15) is 24.2 Å². The molecule has 0 fully saturated rings. The zero-order valence-electron chi connectivity index (χ0n) is 15.9. The average Bonchev–Trinajstić information content (AvgIpc) is 3.05. The lowest BCUT2D eigenvalue weighted by molar-refractivity contribution is 0.249. The standard InChI is InChI=1S/C19H24N6O2/c1-12(13-8-6-5-7-9-13)20-19(26)22-16-10-14-17(18(27-4)24-23-14)15(21-16)11-25(2)3/h5-10,12H,11H2,1-4H3,(H,23,24)(H2,20,21,22,26). The van der Waals surface area contributed by atoms with Gasteiger partial charge in [0.15, 0.2) is 0 Å². The Balaban J connectivity index is 1.81. The summed E-state index contributed by atoms with van der Waals surface area (Å²) in [7, 11) is 5.47. The maximum Gasteiger partial charge on any atom is 0.320 e. The average molecular weight is 368 g/mol. The van der Waals surface area contributed by atoms with Gasteiger partial charge < -0.3 is 15.0 Å². The van der Waals surface area contributed by atoms with Gasteiger partial charge in [0.2, 0.25) is 5.88 Å². The Kier molecular flexibility index (Phi) is 5.56. The Morgan fingerprint density at radius 1 is 1.30 bits per heavy atom. The zero-order chi connectivity index (χ0) is 19.4. The van der Waals surface area contributed by atoms with Crippen LogP contribution in [0.15, 0.2) is 36.4 Å². The summed E-state index contributed by atoms with van der Waals surface area (Å²) in [4.78, 5) is 19.0. The number of fused-ring (bicyclic) bond motifs is 1. The molecule has 3 aromatic rings. The van der Waals surface area contributed by atoms with Gasteiger partial charge in [-0.3, -0.25) is 10.4 Å². The Morgan fingerprint density at radius 3 is 2.70 bits per heavy atom. The second-order valence-corrected chi connectivity index (χ2v) is 6.58. The van der Waals surface area contributed by atoms with Crippen LogP contribution in [0.25, 0.3) is 10.9 Å². The highest BCUT2D eigenvalue weighted by molar-refractivity contribution is 5.93. The molecule has 3 rings (SSSR count). The number of anilines is 1. The van der Waals surface area contributed by atoms with Gasteiger partial charge in [0.05, 0.1) is 29.7 Å². The van der Waals surface area contributed by atoms with Gasteiger partial charge in [-0.15, -0.1) is 5.10 Å². The van der Waals surface area contributed by atoms with Crippen LogP contribution < -0.4 is 15.4 Å². The molecule has 0 bridgehead atoms. The van der Waals surface area contributed by atoms with Crippen molar-refractivity contribution in [2.45, 2.75) is 19.5 Å². The van der Waals surface area contributed by atoms with Gasteiger partial charge >= 0.3 is 6.03 Å². The number of ether oxygens (including phenoxy) is 1. The minimum atomic E-state index is -0.319. The largest absolute Gasteiger partial charge is 0.479 e. The van der Waals surface area contributed by atoms with Gasteiger partial charge in [-0.25, -0.2) is 9.78 Å². The van der Waals surface area contributed by atoms with Crippen LogP contribution in [-0.2, 0) is 6.54 Å². The molecule has 3 N–H and O–H groups in total. The number of methoxy groups -OCH3 is 1. The van der Waals surface area contributed by atoms with Crippen molar-refractivity contribution < 1.29 is 9.53 Å². The maximum absolute atomic E-state index is 12.4. The van der Waals surface area contributed by atoms with E-state index in [0.717, 1.165) is 22.2 Å². The van der Waals surface area contributed by atoms with Gasteiger partial charge in [-0.2, -0.15) is 0 Å². The lowest BCUT2D eigenvalue weighted by atomic mass is 10.1. The molecular formula is C19H24N6O2. The number of benzene rings is 1. The number of urea groups is 1. The second kappa shape index (κ2) is 8.05. The number of nitrogens with zero attached hydrogens (tertiary/aromatic N) is 3. The van der Waals surface area contributed by atoms with Crippen molar-refractivity contribution in [3.8, 4) is 5.88 Å². The number of carbonyl (C=O) groups excluding carboxylic acids is 1. The van der Waals surface area contributed by atoms with Crippen molar-refractivity contribution in [1.29, 1.82) is 0 Å². The summed E-state index contributed by atoms with van der Waals surface area (Å²) >= 11 is 0. The number of H-pyrrole nitrogens is 1. The molecule has 1 atom stereocenters. The first-order valence-electron chi connectivity index (χ1n) is 8.67. The van der Waals surface area contributed by atoms with E-state index >= 15 is 0 Å². The van der Waals surface area contributed by atoms with Gasteiger partial charge in [-0.05, 0) is 26.6 Å². The number of nitrogens with one attached hydrogen (secondary N) is 3. The molecule has 0 aliphatic carbocycles. The van der Waals surface area contributed by atoms with Gasteiger partial charge in [0.1, 0.15) is 5.82 Å². The van der Waals surface area contributed by atoms with Crippen LogP contribution in [0, 0.1) is 0 Å². The lowest BCUT2D eigenvalue weighted by Gasteiger charge is -2.16. The smallest absolute Gasteiger partial charge is 0.320 e. The van der Waals surface area contributed by atoms with E-state index in [1.807, 2.05) is 56.3 Å². The molecule has 0 radical (unpaired) electrons. The predicted octanol–water partition coefficient (Wildman–Crippen LogP) is 2.91. The lowest BCUT2D eigenvalue weighted by Crippen LogP contribution is -2.31. The fourth-order valence-electron chi connectivity index (χ4n) is 2.89. The van der Waals surface area contributed by atoms with Crippen LogP contribution in [0.4, 0.5) is 10.6 Å². The van der Waals surface area contributed by atoms with Crippen LogP contribution >= 0.6 is 0 Å². The molecule has 0 saturated heterocycles. The quantitative estimate of drug-likeness (QED) is 0.622. The highest BCUT2D eigenvalue weighted by Gasteiger charge is 2.16. The normalized spacial score (nSPS) is 12.2. The number of pyridine rings is 1. The van der Waals surface area contributed by atoms with Crippen LogP contribution in [0.3, 0.4) is 0 Å². The summed E-state index contributed by atoms with van der Waals surface area (Å²) in [6, 6.07) is 11.1. The summed E-state index contributed by atoms with van der Waals surface area (Å²) < 4.78 is 5.31. The third-order valence-corrected chi connectivity index (χ3v) is 4.13. The Bertz CT molecular complexity index is 923. The Morgan fingerprint density at radius 2 is 2.04 bits per heavy atom. The monoisotopic (exact) mass is 368 g/mol. The first kappa shape index (κ1) is 18.7. The molecule has 2 heterocycles.